The molecule has 0 saturated carbocycles. The molecule has 2 aromatic rings. The summed E-state index contributed by atoms with van der Waals surface area (Å²) in [5.41, 5.74) is 5.46. The Hall–Kier alpha value is -1.39. The summed E-state index contributed by atoms with van der Waals surface area (Å²) in [5.74, 6) is 0. The Balaban J connectivity index is 1.80. The third kappa shape index (κ3) is 2.13. The first-order valence-electron chi connectivity index (χ1n) is 6.13. The summed E-state index contributed by atoms with van der Waals surface area (Å²) in [5, 5.41) is 10.3. The van der Waals surface area contributed by atoms with Gasteiger partial charge >= 0.3 is 0 Å². The van der Waals surface area contributed by atoms with Crippen LogP contribution in [0.25, 0.3) is 0 Å². The highest BCUT2D eigenvalue weighted by Gasteiger charge is 2.18. The van der Waals surface area contributed by atoms with Gasteiger partial charge in [-0.1, -0.05) is 12.1 Å². The maximum atomic E-state index is 10.3. The fourth-order valence-electron chi connectivity index (χ4n) is 2.45. The van der Waals surface area contributed by atoms with Crippen molar-refractivity contribution in [1.82, 2.24) is 4.98 Å². The molecule has 1 aromatic heterocycles. The predicted octanol–water partition coefficient (Wildman–Crippen LogP) is 2.41. The molecule has 3 nitrogen and oxygen atoms in total. The van der Waals surface area contributed by atoms with E-state index in [-0.39, 0.29) is 0 Å². The SMILES string of the molecule is CN1CCc2cc(C(O)Cc3cncs3)ccc21. The van der Waals surface area contributed by atoms with Crippen LogP contribution in [0.2, 0.25) is 0 Å². The molecule has 18 heavy (non-hydrogen) atoms. The predicted molar refractivity (Wildman–Crippen MR) is 74.2 cm³/mol. The first-order valence-corrected chi connectivity index (χ1v) is 7.01. The van der Waals surface area contributed by atoms with Crippen LogP contribution in [0.15, 0.2) is 29.9 Å². The Kier molecular flexibility index (Phi) is 3.06. The molecule has 1 aromatic carbocycles. The highest BCUT2D eigenvalue weighted by atomic mass is 32.1. The van der Waals surface area contributed by atoms with Crippen LogP contribution in [0.5, 0.6) is 0 Å². The lowest BCUT2D eigenvalue weighted by molar-refractivity contribution is 0.179. The van der Waals surface area contributed by atoms with Crippen molar-refractivity contribution in [3.63, 3.8) is 0 Å². The van der Waals surface area contributed by atoms with Crippen LogP contribution in [-0.4, -0.2) is 23.7 Å². The average Bonchev–Trinajstić information content (AvgIpc) is 2.99. The van der Waals surface area contributed by atoms with Crippen molar-refractivity contribution in [1.29, 1.82) is 0 Å². The van der Waals surface area contributed by atoms with E-state index in [1.807, 2.05) is 12.3 Å². The summed E-state index contributed by atoms with van der Waals surface area (Å²) in [7, 11) is 2.11. The molecule has 2 heterocycles. The maximum absolute atomic E-state index is 10.3. The summed E-state index contributed by atoms with van der Waals surface area (Å²) >= 11 is 1.59. The van der Waals surface area contributed by atoms with Gasteiger partial charge in [0.1, 0.15) is 0 Å². The molecular weight excluding hydrogens is 244 g/mol. The summed E-state index contributed by atoms with van der Waals surface area (Å²) in [6.07, 6.45) is 3.13. The quantitative estimate of drug-likeness (QED) is 0.920. The van der Waals surface area contributed by atoms with Crippen LogP contribution in [-0.2, 0) is 12.8 Å². The zero-order chi connectivity index (χ0) is 12.5. The first kappa shape index (κ1) is 11.7. The van der Waals surface area contributed by atoms with Crippen LogP contribution in [0.1, 0.15) is 22.1 Å². The molecular formula is C14H16N2OS. The molecule has 1 atom stereocenters. The number of aromatic nitrogens is 1. The molecule has 0 fully saturated rings. The summed E-state index contributed by atoms with van der Waals surface area (Å²) in [6, 6.07) is 6.30. The minimum absolute atomic E-state index is 0.429. The highest BCUT2D eigenvalue weighted by Crippen LogP contribution is 2.30. The van der Waals surface area contributed by atoms with Gasteiger partial charge in [0.25, 0.3) is 0 Å². The summed E-state index contributed by atoms with van der Waals surface area (Å²) in [4.78, 5) is 7.42. The average molecular weight is 260 g/mol. The van der Waals surface area contributed by atoms with Gasteiger partial charge in [0.05, 0.1) is 11.6 Å². The third-order valence-corrected chi connectivity index (χ3v) is 4.30. The molecule has 0 amide bonds. The summed E-state index contributed by atoms with van der Waals surface area (Å²) in [6.45, 7) is 1.07. The fourth-order valence-corrected chi connectivity index (χ4v) is 3.08. The van der Waals surface area contributed by atoms with Crippen molar-refractivity contribution >= 4 is 17.0 Å². The van der Waals surface area contributed by atoms with Crippen molar-refractivity contribution < 1.29 is 5.11 Å². The molecule has 1 aliphatic rings. The number of rotatable bonds is 3. The maximum Gasteiger partial charge on any atom is 0.0838 e. The second-order valence-corrected chi connectivity index (χ2v) is 5.72. The molecule has 4 heteroatoms. The molecule has 0 aliphatic carbocycles. The molecule has 0 radical (unpaired) electrons. The normalized spacial score (nSPS) is 15.8. The van der Waals surface area contributed by atoms with E-state index in [0.717, 1.165) is 23.4 Å². The minimum atomic E-state index is -0.429. The molecule has 1 aliphatic heterocycles. The Morgan fingerprint density at radius 3 is 3.17 bits per heavy atom. The van der Waals surface area contributed by atoms with E-state index < -0.39 is 6.10 Å². The van der Waals surface area contributed by atoms with E-state index in [1.54, 1.807) is 16.8 Å². The van der Waals surface area contributed by atoms with Crippen molar-refractivity contribution in [3.8, 4) is 0 Å². The van der Waals surface area contributed by atoms with Crippen LogP contribution < -0.4 is 4.90 Å². The first-order chi connectivity index (χ1) is 8.74. The Bertz CT molecular complexity index is 539. The standard InChI is InChI=1S/C14H16N2OS/c1-16-5-4-10-6-11(2-3-13(10)16)14(17)7-12-8-15-9-18-12/h2-3,6,8-9,14,17H,4-5,7H2,1H3. The summed E-state index contributed by atoms with van der Waals surface area (Å²) < 4.78 is 0. The van der Waals surface area contributed by atoms with Gasteiger partial charge in [0, 0.05) is 36.8 Å². The van der Waals surface area contributed by atoms with Gasteiger partial charge in [-0.2, -0.15) is 0 Å². The number of aliphatic hydroxyl groups is 1. The van der Waals surface area contributed by atoms with Gasteiger partial charge in [0.15, 0.2) is 0 Å². The van der Waals surface area contributed by atoms with Crippen molar-refractivity contribution in [2.45, 2.75) is 18.9 Å². The largest absolute Gasteiger partial charge is 0.388 e. The lowest BCUT2D eigenvalue weighted by Gasteiger charge is -2.14. The topological polar surface area (TPSA) is 36.4 Å². The zero-order valence-corrected chi connectivity index (χ0v) is 11.2. The van der Waals surface area contributed by atoms with E-state index in [2.05, 4.69) is 29.1 Å². The van der Waals surface area contributed by atoms with Crippen LogP contribution in [0, 0.1) is 0 Å². The van der Waals surface area contributed by atoms with Gasteiger partial charge in [-0.25, -0.2) is 0 Å². The van der Waals surface area contributed by atoms with Gasteiger partial charge in [-0.05, 0) is 23.6 Å². The Morgan fingerprint density at radius 2 is 2.39 bits per heavy atom. The lowest BCUT2D eigenvalue weighted by Crippen LogP contribution is -2.12. The smallest absolute Gasteiger partial charge is 0.0838 e. The molecule has 0 saturated heterocycles. The second kappa shape index (κ2) is 4.71. The minimum Gasteiger partial charge on any atom is -0.388 e. The Morgan fingerprint density at radius 1 is 1.50 bits per heavy atom. The zero-order valence-electron chi connectivity index (χ0n) is 10.3. The van der Waals surface area contributed by atoms with Gasteiger partial charge < -0.3 is 10.0 Å². The third-order valence-electron chi connectivity index (χ3n) is 3.49. The van der Waals surface area contributed by atoms with Gasteiger partial charge in [-0.15, -0.1) is 11.3 Å². The van der Waals surface area contributed by atoms with E-state index in [1.165, 1.54) is 11.3 Å². The van der Waals surface area contributed by atoms with Crippen molar-refractivity contribution in [2.24, 2.45) is 0 Å². The molecule has 0 bridgehead atoms. The van der Waals surface area contributed by atoms with Gasteiger partial charge in [0.2, 0.25) is 0 Å². The number of aliphatic hydroxyl groups excluding tert-OH is 1. The van der Waals surface area contributed by atoms with E-state index in [9.17, 15) is 5.11 Å². The molecule has 1 unspecified atom stereocenters. The van der Waals surface area contributed by atoms with Crippen molar-refractivity contribution in [3.05, 3.63) is 45.9 Å². The van der Waals surface area contributed by atoms with Gasteiger partial charge in [-0.3, -0.25) is 4.98 Å². The van der Waals surface area contributed by atoms with Crippen LogP contribution in [0.4, 0.5) is 5.69 Å². The molecule has 0 spiro atoms. The number of likely N-dealkylation sites (N-methyl/N-ethyl adjacent to an activating group) is 1. The van der Waals surface area contributed by atoms with E-state index >= 15 is 0 Å². The lowest BCUT2D eigenvalue weighted by atomic mass is 10.0. The van der Waals surface area contributed by atoms with E-state index in [4.69, 9.17) is 0 Å². The number of thiazole rings is 1. The number of hydrogen-bond acceptors (Lipinski definition) is 4. The monoisotopic (exact) mass is 260 g/mol. The van der Waals surface area contributed by atoms with Crippen LogP contribution in [0.3, 0.4) is 0 Å². The molecule has 3 rings (SSSR count). The Labute approximate surface area is 111 Å². The molecule has 94 valence electrons. The highest BCUT2D eigenvalue weighted by molar-refractivity contribution is 7.09. The second-order valence-electron chi connectivity index (χ2n) is 4.75. The number of hydrogen-bond donors (Lipinski definition) is 1. The van der Waals surface area contributed by atoms with Crippen LogP contribution >= 0.6 is 11.3 Å². The number of nitrogens with zero attached hydrogens (tertiary/aromatic N) is 2. The number of benzene rings is 1. The number of anilines is 1. The van der Waals surface area contributed by atoms with E-state index in [0.29, 0.717) is 6.42 Å². The van der Waals surface area contributed by atoms with Crippen molar-refractivity contribution in [2.75, 3.05) is 18.5 Å². The fraction of sp³-hybridized carbons (Fsp3) is 0.357. The number of fused-ring (bicyclic) bond motifs is 1. The molecule has 1 N–H and O–H groups in total.